The number of rotatable bonds is 1. The fourth-order valence-electron chi connectivity index (χ4n) is 1.40. The molecule has 1 heterocycles. The molecular weight excluding hydrogens is 246 g/mol. The molecule has 0 unspecified atom stereocenters. The van der Waals surface area contributed by atoms with E-state index in [0.717, 1.165) is 0 Å². The van der Waals surface area contributed by atoms with Crippen molar-refractivity contribution >= 4 is 29.6 Å². The van der Waals surface area contributed by atoms with E-state index >= 15 is 0 Å². The smallest absolute Gasteiger partial charge is 0.253 e. The summed E-state index contributed by atoms with van der Waals surface area (Å²) in [7, 11) is 0. The summed E-state index contributed by atoms with van der Waals surface area (Å²) < 4.78 is 1.73. The lowest BCUT2D eigenvalue weighted by molar-refractivity contribution is 0.951. The van der Waals surface area contributed by atoms with E-state index in [1.54, 1.807) is 18.2 Å². The van der Waals surface area contributed by atoms with Gasteiger partial charge < -0.3 is 5.73 Å². The van der Waals surface area contributed by atoms with E-state index < -0.39 is 0 Å². The van der Waals surface area contributed by atoms with Crippen LogP contribution in [0.3, 0.4) is 0 Å². The van der Waals surface area contributed by atoms with E-state index in [2.05, 4.69) is 4.98 Å². The Morgan fingerprint density at radius 3 is 2.69 bits per heavy atom. The van der Waals surface area contributed by atoms with Crippen LogP contribution in [0, 0.1) is 4.77 Å². The molecule has 1 aromatic carbocycles. The summed E-state index contributed by atoms with van der Waals surface area (Å²) in [4.78, 5) is 13.6. The van der Waals surface area contributed by atoms with Gasteiger partial charge in [-0.05, 0) is 24.4 Å². The molecule has 2 aromatic rings. The number of H-pyrrole nitrogens is 1. The van der Waals surface area contributed by atoms with Crippen LogP contribution in [0.15, 0.2) is 35.1 Å². The van der Waals surface area contributed by atoms with Crippen LogP contribution in [0.5, 0.6) is 0 Å². The first-order chi connectivity index (χ1) is 7.59. The summed E-state index contributed by atoms with van der Waals surface area (Å²) in [6.45, 7) is 0. The molecule has 82 valence electrons. The van der Waals surface area contributed by atoms with Crippen LogP contribution in [-0.2, 0) is 0 Å². The average molecular weight is 254 g/mol. The molecule has 6 heteroatoms. The van der Waals surface area contributed by atoms with Crippen molar-refractivity contribution in [2.24, 2.45) is 0 Å². The van der Waals surface area contributed by atoms with Gasteiger partial charge >= 0.3 is 0 Å². The van der Waals surface area contributed by atoms with Gasteiger partial charge in [-0.1, -0.05) is 23.7 Å². The van der Waals surface area contributed by atoms with Crippen molar-refractivity contribution in [2.45, 2.75) is 0 Å². The lowest BCUT2D eigenvalue weighted by Crippen LogP contribution is -2.15. The molecule has 0 fully saturated rings. The van der Waals surface area contributed by atoms with Crippen LogP contribution in [0.4, 0.5) is 5.82 Å². The molecule has 0 saturated carbocycles. The van der Waals surface area contributed by atoms with Crippen molar-refractivity contribution in [2.75, 3.05) is 5.73 Å². The van der Waals surface area contributed by atoms with E-state index in [0.29, 0.717) is 10.7 Å². The molecule has 0 aliphatic rings. The summed E-state index contributed by atoms with van der Waals surface area (Å²) in [5.41, 5.74) is 6.05. The molecule has 0 saturated heterocycles. The van der Waals surface area contributed by atoms with Gasteiger partial charge in [-0.15, -0.1) is 0 Å². The van der Waals surface area contributed by atoms with Crippen molar-refractivity contribution in [1.82, 2.24) is 9.55 Å². The number of nitrogen functional groups attached to an aromatic ring is 1. The van der Waals surface area contributed by atoms with Crippen molar-refractivity contribution < 1.29 is 0 Å². The first-order valence-electron chi connectivity index (χ1n) is 4.46. The summed E-state index contributed by atoms with van der Waals surface area (Å²) in [6, 6.07) is 8.37. The SMILES string of the molecule is Nc1cc(=O)[nH]c(=S)n1-c1ccccc1Cl. The molecule has 3 N–H and O–H groups in total. The Hall–Kier alpha value is -1.59. The zero-order valence-electron chi connectivity index (χ0n) is 8.11. The lowest BCUT2D eigenvalue weighted by atomic mass is 10.3. The summed E-state index contributed by atoms with van der Waals surface area (Å²) in [6.07, 6.45) is 0. The van der Waals surface area contributed by atoms with Crippen molar-refractivity contribution in [3.05, 3.63) is 50.5 Å². The number of nitrogens with two attached hydrogens (primary N) is 1. The van der Waals surface area contributed by atoms with E-state index in [1.165, 1.54) is 10.6 Å². The van der Waals surface area contributed by atoms with Crippen LogP contribution in [-0.4, -0.2) is 9.55 Å². The predicted molar refractivity (Wildman–Crippen MR) is 66.6 cm³/mol. The molecule has 2 rings (SSSR count). The molecule has 0 amide bonds. The van der Waals surface area contributed by atoms with Gasteiger partial charge in [0.15, 0.2) is 4.77 Å². The number of hydrogen-bond donors (Lipinski definition) is 2. The third kappa shape index (κ3) is 1.87. The highest BCUT2D eigenvalue weighted by Gasteiger charge is 2.06. The minimum Gasteiger partial charge on any atom is -0.385 e. The molecule has 0 spiro atoms. The van der Waals surface area contributed by atoms with Gasteiger partial charge in [0.1, 0.15) is 5.82 Å². The zero-order valence-corrected chi connectivity index (χ0v) is 9.68. The Morgan fingerprint density at radius 1 is 1.38 bits per heavy atom. The van der Waals surface area contributed by atoms with Gasteiger partial charge in [-0.3, -0.25) is 14.3 Å². The third-order valence-electron chi connectivity index (χ3n) is 2.06. The van der Waals surface area contributed by atoms with E-state index in [9.17, 15) is 4.79 Å². The number of nitrogens with one attached hydrogen (secondary N) is 1. The molecule has 16 heavy (non-hydrogen) atoms. The largest absolute Gasteiger partial charge is 0.385 e. The number of hydrogen-bond acceptors (Lipinski definition) is 3. The maximum atomic E-state index is 11.1. The van der Waals surface area contributed by atoms with Crippen molar-refractivity contribution in [1.29, 1.82) is 0 Å². The van der Waals surface area contributed by atoms with Crippen LogP contribution < -0.4 is 11.3 Å². The Labute approximate surface area is 101 Å². The topological polar surface area (TPSA) is 63.8 Å². The highest BCUT2D eigenvalue weighted by atomic mass is 35.5. The number of halogens is 1. The summed E-state index contributed by atoms with van der Waals surface area (Å²) >= 11 is 11.1. The molecule has 4 nitrogen and oxygen atoms in total. The van der Waals surface area contributed by atoms with Crippen molar-refractivity contribution in [3.63, 3.8) is 0 Å². The first-order valence-corrected chi connectivity index (χ1v) is 5.25. The number of aromatic nitrogens is 2. The number of benzene rings is 1. The summed E-state index contributed by atoms with van der Waals surface area (Å²) in [5.74, 6) is 0.252. The van der Waals surface area contributed by atoms with E-state index in [4.69, 9.17) is 29.6 Å². The normalized spacial score (nSPS) is 10.3. The standard InChI is InChI=1S/C10H8ClN3OS/c11-6-3-1-2-4-7(6)14-8(12)5-9(15)13-10(14)16/h1-5H,12H2,(H,13,15,16). The minimum absolute atomic E-state index is 0.220. The first kappa shape index (κ1) is 10.9. The Balaban J connectivity index is 2.80. The fourth-order valence-corrected chi connectivity index (χ4v) is 1.92. The second-order valence-electron chi connectivity index (χ2n) is 3.15. The highest BCUT2D eigenvalue weighted by Crippen LogP contribution is 2.21. The maximum Gasteiger partial charge on any atom is 0.253 e. The number of anilines is 1. The molecule has 1 aromatic heterocycles. The highest BCUT2D eigenvalue weighted by molar-refractivity contribution is 7.71. The molecule has 0 aliphatic carbocycles. The van der Waals surface area contributed by atoms with Gasteiger partial charge in [0, 0.05) is 6.07 Å². The van der Waals surface area contributed by atoms with Gasteiger partial charge in [0.05, 0.1) is 10.7 Å². The van der Waals surface area contributed by atoms with Gasteiger partial charge in [0.25, 0.3) is 5.56 Å². The van der Waals surface area contributed by atoms with Gasteiger partial charge in [-0.25, -0.2) is 0 Å². The van der Waals surface area contributed by atoms with E-state index in [-0.39, 0.29) is 16.1 Å². The van der Waals surface area contributed by atoms with Crippen LogP contribution in [0.2, 0.25) is 5.02 Å². The molecule has 0 bridgehead atoms. The molecule has 0 atom stereocenters. The quantitative estimate of drug-likeness (QED) is 0.766. The van der Waals surface area contributed by atoms with Gasteiger partial charge in [0.2, 0.25) is 0 Å². The monoisotopic (exact) mass is 253 g/mol. The minimum atomic E-state index is -0.328. The lowest BCUT2D eigenvalue weighted by Gasteiger charge is -2.11. The van der Waals surface area contributed by atoms with E-state index in [1.807, 2.05) is 6.07 Å². The predicted octanol–water partition coefficient (Wildman–Crippen LogP) is 2.13. The number of aromatic amines is 1. The summed E-state index contributed by atoms with van der Waals surface area (Å²) in [5, 5.41) is 0.511. The number of para-hydroxylation sites is 1. The maximum absolute atomic E-state index is 11.1. The second-order valence-corrected chi connectivity index (χ2v) is 3.94. The third-order valence-corrected chi connectivity index (χ3v) is 2.67. The Morgan fingerprint density at radius 2 is 2.06 bits per heavy atom. The second kappa shape index (κ2) is 4.11. The average Bonchev–Trinajstić information content (AvgIpc) is 2.19. The fraction of sp³-hybridized carbons (Fsp3) is 0. The number of nitrogens with zero attached hydrogens (tertiary/aromatic N) is 1. The van der Waals surface area contributed by atoms with Crippen molar-refractivity contribution in [3.8, 4) is 5.69 Å². The Kier molecular flexibility index (Phi) is 2.80. The molecular formula is C10H8ClN3OS. The molecule has 0 radical (unpaired) electrons. The molecule has 0 aliphatic heterocycles. The zero-order chi connectivity index (χ0) is 11.7. The Bertz CT molecular complexity index is 647. The van der Waals surface area contributed by atoms with Gasteiger partial charge in [-0.2, -0.15) is 0 Å². The van der Waals surface area contributed by atoms with Crippen LogP contribution >= 0.6 is 23.8 Å². The van der Waals surface area contributed by atoms with Crippen LogP contribution in [0.25, 0.3) is 5.69 Å². The van der Waals surface area contributed by atoms with Crippen LogP contribution in [0.1, 0.15) is 0 Å².